The number of aromatic carboxylic acids is 1. The number of carboxylic acids is 1. The van der Waals surface area contributed by atoms with Crippen molar-refractivity contribution < 1.29 is 9.90 Å². The molecule has 2 fully saturated rings. The fourth-order valence-corrected chi connectivity index (χ4v) is 7.77. The van der Waals surface area contributed by atoms with E-state index in [2.05, 4.69) is 39.0 Å². The number of para-hydroxylation sites is 1. The van der Waals surface area contributed by atoms with E-state index in [-0.39, 0.29) is 0 Å². The molecule has 3 heterocycles. The molecule has 4 aliphatic rings. The molecule has 2 aliphatic heterocycles. The second-order valence-electron chi connectivity index (χ2n) is 11.5. The third-order valence-electron chi connectivity index (χ3n) is 9.45. The zero-order valence-corrected chi connectivity index (χ0v) is 21.1. The minimum absolute atomic E-state index is 0.387. The van der Waals surface area contributed by atoms with E-state index in [9.17, 15) is 9.90 Å². The quantitative estimate of drug-likeness (QED) is 0.426. The van der Waals surface area contributed by atoms with Crippen LogP contribution in [-0.2, 0) is 6.54 Å². The SMILES string of the molecule is O=C(O)c1ccc2c(C3CCCCC3)c3n(c2c1)CCN1CCC(NC2CCCC2)c2cccc-3c21. The molecular formula is C31H37N3O2. The maximum absolute atomic E-state index is 11.9. The van der Waals surface area contributed by atoms with Crippen LogP contribution in [0.2, 0.25) is 0 Å². The van der Waals surface area contributed by atoms with Gasteiger partial charge >= 0.3 is 5.97 Å². The van der Waals surface area contributed by atoms with Crippen molar-refractivity contribution in [3.8, 4) is 11.3 Å². The van der Waals surface area contributed by atoms with Crippen molar-refractivity contribution in [3.63, 3.8) is 0 Å². The summed E-state index contributed by atoms with van der Waals surface area (Å²) in [6, 6.07) is 13.9. The first-order valence-corrected chi connectivity index (χ1v) is 14.2. The van der Waals surface area contributed by atoms with Crippen LogP contribution in [0.5, 0.6) is 0 Å². The molecule has 5 heteroatoms. The number of fused-ring (bicyclic) bond motifs is 4. The van der Waals surface area contributed by atoms with Gasteiger partial charge in [-0.25, -0.2) is 4.79 Å². The predicted molar refractivity (Wildman–Crippen MR) is 145 cm³/mol. The molecule has 5 nitrogen and oxygen atoms in total. The van der Waals surface area contributed by atoms with E-state index in [1.54, 1.807) is 0 Å². The fourth-order valence-electron chi connectivity index (χ4n) is 7.77. The Labute approximate surface area is 213 Å². The van der Waals surface area contributed by atoms with Crippen molar-refractivity contribution in [2.45, 2.75) is 88.8 Å². The summed E-state index contributed by atoms with van der Waals surface area (Å²) in [5.41, 5.74) is 8.57. The normalized spacial score (nSPS) is 22.4. The van der Waals surface area contributed by atoms with E-state index >= 15 is 0 Å². The minimum atomic E-state index is -0.844. The molecule has 1 unspecified atom stereocenters. The molecule has 0 bridgehead atoms. The summed E-state index contributed by atoms with van der Waals surface area (Å²) >= 11 is 0. The van der Waals surface area contributed by atoms with Gasteiger partial charge in [0.15, 0.2) is 0 Å². The van der Waals surface area contributed by atoms with Gasteiger partial charge in [0.25, 0.3) is 0 Å². The van der Waals surface area contributed by atoms with Gasteiger partial charge in [-0.2, -0.15) is 0 Å². The summed E-state index contributed by atoms with van der Waals surface area (Å²) in [4.78, 5) is 14.5. The first kappa shape index (κ1) is 22.4. The highest BCUT2D eigenvalue weighted by Crippen LogP contribution is 2.50. The zero-order valence-electron chi connectivity index (χ0n) is 21.1. The highest BCUT2D eigenvalue weighted by Gasteiger charge is 2.35. The van der Waals surface area contributed by atoms with Gasteiger partial charge in [0.05, 0.1) is 16.9 Å². The summed E-state index contributed by atoms with van der Waals surface area (Å²) in [6.07, 6.45) is 12.8. The average Bonchev–Trinajstić information content (AvgIpc) is 3.50. The van der Waals surface area contributed by atoms with Gasteiger partial charge in [0, 0.05) is 48.2 Å². The lowest BCUT2D eigenvalue weighted by atomic mass is 9.81. The van der Waals surface area contributed by atoms with Crippen LogP contribution in [0.25, 0.3) is 22.2 Å². The molecule has 0 radical (unpaired) electrons. The fraction of sp³-hybridized carbons (Fsp3) is 0.516. The Balaban J connectivity index is 1.43. The molecule has 0 saturated heterocycles. The van der Waals surface area contributed by atoms with E-state index in [0.717, 1.165) is 31.6 Å². The Morgan fingerprint density at radius 1 is 0.889 bits per heavy atom. The Morgan fingerprint density at radius 2 is 1.69 bits per heavy atom. The molecule has 3 aromatic rings. The van der Waals surface area contributed by atoms with Crippen molar-refractivity contribution in [1.29, 1.82) is 0 Å². The lowest BCUT2D eigenvalue weighted by molar-refractivity contribution is 0.0697. The van der Waals surface area contributed by atoms with Crippen LogP contribution < -0.4 is 10.2 Å². The molecule has 2 N–H and O–H groups in total. The van der Waals surface area contributed by atoms with Crippen LogP contribution in [-0.4, -0.2) is 34.8 Å². The largest absolute Gasteiger partial charge is 0.478 e. The summed E-state index contributed by atoms with van der Waals surface area (Å²) in [6.45, 7) is 2.95. The van der Waals surface area contributed by atoms with Crippen LogP contribution in [0, 0.1) is 0 Å². The molecule has 36 heavy (non-hydrogen) atoms. The first-order valence-electron chi connectivity index (χ1n) is 14.2. The van der Waals surface area contributed by atoms with Gasteiger partial charge in [0.2, 0.25) is 0 Å². The standard InChI is InChI=1S/C31H37N3O2/c35-31(36)21-13-14-24-27(19-21)34-18-17-33-16-15-26(32-22-9-4-5-10-22)23-11-6-12-25(29(23)33)30(34)28(24)20-7-2-1-3-8-20/h6,11-14,19-20,22,26,32H,1-5,7-10,15-18H2,(H,35,36). The van der Waals surface area contributed by atoms with Gasteiger partial charge in [-0.05, 0) is 61.3 Å². The van der Waals surface area contributed by atoms with Gasteiger partial charge < -0.3 is 19.9 Å². The summed E-state index contributed by atoms with van der Waals surface area (Å²) in [7, 11) is 0. The van der Waals surface area contributed by atoms with E-state index in [4.69, 9.17) is 0 Å². The van der Waals surface area contributed by atoms with Crippen molar-refractivity contribution in [3.05, 3.63) is 53.1 Å². The molecule has 1 atom stereocenters. The van der Waals surface area contributed by atoms with Gasteiger partial charge in [-0.3, -0.25) is 0 Å². The van der Waals surface area contributed by atoms with Crippen LogP contribution >= 0.6 is 0 Å². The van der Waals surface area contributed by atoms with Gasteiger partial charge in [0.1, 0.15) is 0 Å². The van der Waals surface area contributed by atoms with E-state index in [1.807, 2.05) is 12.1 Å². The number of carbonyl (C=O) groups is 1. The number of benzene rings is 2. The van der Waals surface area contributed by atoms with Crippen molar-refractivity contribution in [2.24, 2.45) is 0 Å². The number of hydrogen-bond acceptors (Lipinski definition) is 3. The molecule has 2 saturated carbocycles. The molecule has 188 valence electrons. The monoisotopic (exact) mass is 483 g/mol. The molecule has 7 rings (SSSR count). The number of nitrogens with one attached hydrogen (secondary N) is 1. The maximum atomic E-state index is 11.9. The first-order chi connectivity index (χ1) is 17.7. The Bertz CT molecular complexity index is 1310. The molecule has 1 aromatic heterocycles. The van der Waals surface area contributed by atoms with Crippen LogP contribution in [0.3, 0.4) is 0 Å². The van der Waals surface area contributed by atoms with Crippen LogP contribution in [0.15, 0.2) is 36.4 Å². The number of carboxylic acid groups (broad SMARTS) is 1. The predicted octanol–water partition coefficient (Wildman–Crippen LogP) is 6.85. The molecule has 0 spiro atoms. The topological polar surface area (TPSA) is 57.5 Å². The minimum Gasteiger partial charge on any atom is -0.478 e. The maximum Gasteiger partial charge on any atom is 0.335 e. The third kappa shape index (κ3) is 3.58. The molecule has 2 aliphatic carbocycles. The number of anilines is 1. The number of nitrogens with zero attached hydrogens (tertiary/aromatic N) is 2. The number of aromatic nitrogens is 1. The summed E-state index contributed by atoms with van der Waals surface area (Å²) < 4.78 is 2.47. The second-order valence-corrected chi connectivity index (χ2v) is 11.5. The average molecular weight is 484 g/mol. The number of rotatable bonds is 4. The smallest absolute Gasteiger partial charge is 0.335 e. The Kier molecular flexibility index (Phi) is 5.57. The molecular weight excluding hydrogens is 446 g/mol. The zero-order chi connectivity index (χ0) is 24.2. The van der Waals surface area contributed by atoms with Crippen LogP contribution in [0.1, 0.15) is 97.7 Å². The van der Waals surface area contributed by atoms with Gasteiger partial charge in [-0.1, -0.05) is 56.4 Å². The highest BCUT2D eigenvalue weighted by atomic mass is 16.4. The van der Waals surface area contributed by atoms with Gasteiger partial charge in [-0.15, -0.1) is 0 Å². The summed E-state index contributed by atoms with van der Waals surface area (Å²) in [5, 5.41) is 15.1. The van der Waals surface area contributed by atoms with Crippen LogP contribution in [0.4, 0.5) is 5.69 Å². The molecule has 0 amide bonds. The Morgan fingerprint density at radius 3 is 2.50 bits per heavy atom. The number of hydrogen-bond donors (Lipinski definition) is 2. The highest BCUT2D eigenvalue weighted by molar-refractivity contribution is 6.00. The van der Waals surface area contributed by atoms with E-state index < -0.39 is 5.97 Å². The molecule has 2 aromatic carbocycles. The van der Waals surface area contributed by atoms with E-state index in [0.29, 0.717) is 23.6 Å². The lowest BCUT2D eigenvalue weighted by Gasteiger charge is -2.37. The third-order valence-corrected chi connectivity index (χ3v) is 9.45. The Hall–Kier alpha value is -2.79. The lowest BCUT2D eigenvalue weighted by Crippen LogP contribution is -2.39. The van der Waals surface area contributed by atoms with E-state index in [1.165, 1.54) is 91.2 Å². The second kappa shape index (κ2) is 8.95. The van der Waals surface area contributed by atoms with Crippen molar-refractivity contribution in [2.75, 3.05) is 18.0 Å². The summed E-state index contributed by atoms with van der Waals surface area (Å²) in [5.74, 6) is -0.296. The van der Waals surface area contributed by atoms with Crippen molar-refractivity contribution in [1.82, 2.24) is 9.88 Å². The van der Waals surface area contributed by atoms with Crippen molar-refractivity contribution >= 4 is 22.6 Å².